The minimum Gasteiger partial charge on any atom is -0.393 e. The number of nitro benzene ring substituents is 1. The largest absolute Gasteiger partial charge is 0.393 e. The first-order valence-corrected chi connectivity index (χ1v) is 5.41. The van der Waals surface area contributed by atoms with E-state index in [1.54, 1.807) is 13.0 Å². The van der Waals surface area contributed by atoms with E-state index in [2.05, 4.69) is 20.3 Å². The molecule has 8 nitrogen and oxygen atoms in total. The van der Waals surface area contributed by atoms with E-state index in [-0.39, 0.29) is 11.2 Å². The van der Waals surface area contributed by atoms with Gasteiger partial charge in [-0.1, -0.05) is 0 Å². The number of nitro groups is 1. The van der Waals surface area contributed by atoms with Crippen molar-refractivity contribution in [3.05, 3.63) is 22.2 Å². The molecule has 2 aromatic rings. The van der Waals surface area contributed by atoms with E-state index >= 15 is 0 Å². The summed E-state index contributed by atoms with van der Waals surface area (Å²) in [4.78, 5) is 10.2. The molecule has 0 aliphatic carbocycles. The van der Waals surface area contributed by atoms with Gasteiger partial charge in [-0.3, -0.25) is 10.1 Å². The lowest BCUT2D eigenvalue weighted by atomic mass is 10.2. The highest BCUT2D eigenvalue weighted by molar-refractivity contribution is 5.93. The van der Waals surface area contributed by atoms with Crippen molar-refractivity contribution in [2.75, 3.05) is 11.9 Å². The molecule has 0 amide bonds. The molecule has 1 heterocycles. The Morgan fingerprint density at radius 3 is 2.89 bits per heavy atom. The Labute approximate surface area is 102 Å². The summed E-state index contributed by atoms with van der Waals surface area (Å²) >= 11 is 0. The van der Waals surface area contributed by atoms with Crippen LogP contribution in [-0.2, 0) is 0 Å². The maximum atomic E-state index is 10.8. The van der Waals surface area contributed by atoms with Gasteiger partial charge in [-0.2, -0.15) is 0 Å². The van der Waals surface area contributed by atoms with E-state index in [1.165, 1.54) is 6.07 Å². The molecule has 0 bridgehead atoms. The van der Waals surface area contributed by atoms with Crippen molar-refractivity contribution in [3.63, 3.8) is 0 Å². The number of aliphatic hydroxyl groups excluding tert-OH is 1. The molecule has 1 aromatic carbocycles. The molecule has 8 heteroatoms. The number of hydrogen-bond donors (Lipinski definition) is 2. The topological polar surface area (TPSA) is 114 Å². The number of hydrogen-bond acceptors (Lipinski definition) is 7. The second-order valence-electron chi connectivity index (χ2n) is 3.92. The maximum absolute atomic E-state index is 10.8. The summed E-state index contributed by atoms with van der Waals surface area (Å²) in [5, 5.41) is 30.1. The summed E-state index contributed by atoms with van der Waals surface area (Å²) in [5.41, 5.74) is 0.877. The number of nitrogens with zero attached hydrogens (tertiary/aromatic N) is 3. The zero-order valence-corrected chi connectivity index (χ0v) is 9.66. The molecule has 0 saturated heterocycles. The summed E-state index contributed by atoms with van der Waals surface area (Å²) < 4.78 is 4.53. The van der Waals surface area contributed by atoms with Crippen LogP contribution >= 0.6 is 0 Å². The Balaban J connectivity index is 2.27. The second kappa shape index (κ2) is 4.96. The van der Waals surface area contributed by atoms with E-state index < -0.39 is 11.0 Å². The lowest BCUT2D eigenvalue weighted by molar-refractivity contribution is -0.383. The quantitative estimate of drug-likeness (QED) is 0.609. The standard InChI is InChI=1S/C10H12N4O4/c1-6(15)4-5-11-7-2-3-8(14(16)17)10-9(7)12-18-13-10/h2-3,6,11,15H,4-5H2,1H3. The van der Waals surface area contributed by atoms with Crippen LogP contribution < -0.4 is 5.32 Å². The molecule has 96 valence electrons. The first-order chi connectivity index (χ1) is 8.59. The lowest BCUT2D eigenvalue weighted by Crippen LogP contribution is -2.10. The van der Waals surface area contributed by atoms with E-state index in [0.29, 0.717) is 24.2 Å². The molecule has 18 heavy (non-hydrogen) atoms. The zero-order chi connectivity index (χ0) is 13.1. The van der Waals surface area contributed by atoms with Crippen LogP contribution in [0.15, 0.2) is 16.8 Å². The second-order valence-corrected chi connectivity index (χ2v) is 3.92. The Morgan fingerprint density at radius 1 is 1.50 bits per heavy atom. The molecule has 0 radical (unpaired) electrons. The molecule has 0 spiro atoms. The van der Waals surface area contributed by atoms with Gasteiger partial charge in [0, 0.05) is 12.6 Å². The van der Waals surface area contributed by atoms with Gasteiger partial charge in [0.05, 0.1) is 16.7 Å². The highest BCUT2D eigenvalue weighted by atomic mass is 16.6. The Bertz CT molecular complexity index is 566. The summed E-state index contributed by atoms with van der Waals surface area (Å²) in [6.45, 7) is 2.21. The summed E-state index contributed by atoms with van der Waals surface area (Å²) in [6, 6.07) is 2.89. The molecule has 0 aliphatic rings. The van der Waals surface area contributed by atoms with Crippen LogP contribution in [-0.4, -0.2) is 33.0 Å². The summed E-state index contributed by atoms with van der Waals surface area (Å²) in [6.07, 6.45) is 0.144. The minimum atomic E-state index is -0.536. The van der Waals surface area contributed by atoms with Crippen LogP contribution in [0.25, 0.3) is 11.0 Å². The van der Waals surface area contributed by atoms with Gasteiger partial charge in [0.25, 0.3) is 0 Å². The number of nitrogens with one attached hydrogen (secondary N) is 1. The Morgan fingerprint density at radius 2 is 2.22 bits per heavy atom. The number of anilines is 1. The van der Waals surface area contributed by atoms with Crippen LogP contribution in [0, 0.1) is 10.1 Å². The third kappa shape index (κ3) is 2.38. The highest BCUT2D eigenvalue weighted by Crippen LogP contribution is 2.28. The number of aliphatic hydroxyl groups is 1. The van der Waals surface area contributed by atoms with Crippen LogP contribution in [0.4, 0.5) is 11.4 Å². The monoisotopic (exact) mass is 252 g/mol. The van der Waals surface area contributed by atoms with Crippen molar-refractivity contribution >= 4 is 22.4 Å². The third-order valence-corrected chi connectivity index (χ3v) is 2.47. The first-order valence-electron chi connectivity index (χ1n) is 5.41. The zero-order valence-electron chi connectivity index (χ0n) is 9.66. The molecule has 1 aromatic heterocycles. The first kappa shape index (κ1) is 12.2. The van der Waals surface area contributed by atoms with Crippen LogP contribution in [0.1, 0.15) is 13.3 Å². The number of rotatable bonds is 5. The molecular formula is C10H12N4O4. The lowest BCUT2D eigenvalue weighted by Gasteiger charge is -2.07. The predicted molar refractivity (Wildman–Crippen MR) is 63.2 cm³/mol. The van der Waals surface area contributed by atoms with Gasteiger partial charge in [0.1, 0.15) is 0 Å². The number of benzene rings is 1. The summed E-state index contributed by atoms with van der Waals surface area (Å²) in [7, 11) is 0. The van der Waals surface area contributed by atoms with Crippen molar-refractivity contribution in [1.82, 2.24) is 10.3 Å². The smallest absolute Gasteiger partial charge is 0.300 e. The third-order valence-electron chi connectivity index (χ3n) is 2.47. The van der Waals surface area contributed by atoms with Gasteiger partial charge in [-0.05, 0) is 29.7 Å². The molecular weight excluding hydrogens is 240 g/mol. The van der Waals surface area contributed by atoms with Crippen LogP contribution in [0.3, 0.4) is 0 Å². The van der Waals surface area contributed by atoms with Crippen molar-refractivity contribution < 1.29 is 14.7 Å². The number of aromatic nitrogens is 2. The average Bonchev–Trinajstić information content (AvgIpc) is 2.77. The van der Waals surface area contributed by atoms with Crippen molar-refractivity contribution in [1.29, 1.82) is 0 Å². The van der Waals surface area contributed by atoms with Crippen molar-refractivity contribution in [2.45, 2.75) is 19.4 Å². The van der Waals surface area contributed by atoms with Gasteiger partial charge in [-0.25, -0.2) is 4.63 Å². The van der Waals surface area contributed by atoms with Crippen LogP contribution in [0.5, 0.6) is 0 Å². The number of non-ortho nitro benzene ring substituents is 1. The molecule has 2 N–H and O–H groups in total. The van der Waals surface area contributed by atoms with Gasteiger partial charge in [0.15, 0.2) is 5.52 Å². The van der Waals surface area contributed by atoms with E-state index in [0.717, 1.165) is 0 Å². The van der Waals surface area contributed by atoms with Gasteiger partial charge < -0.3 is 10.4 Å². The maximum Gasteiger partial charge on any atom is 0.300 e. The minimum absolute atomic E-state index is 0.113. The van der Waals surface area contributed by atoms with E-state index in [9.17, 15) is 10.1 Å². The van der Waals surface area contributed by atoms with Crippen molar-refractivity contribution in [2.24, 2.45) is 0 Å². The molecule has 1 atom stereocenters. The fourth-order valence-electron chi connectivity index (χ4n) is 1.56. The van der Waals surface area contributed by atoms with Crippen molar-refractivity contribution in [3.8, 4) is 0 Å². The normalized spacial score (nSPS) is 12.6. The Kier molecular flexibility index (Phi) is 3.38. The predicted octanol–water partition coefficient (Wildman–Crippen LogP) is 1.31. The van der Waals surface area contributed by atoms with Gasteiger partial charge in [0.2, 0.25) is 5.52 Å². The molecule has 0 saturated carbocycles. The molecule has 0 aliphatic heterocycles. The highest BCUT2D eigenvalue weighted by Gasteiger charge is 2.19. The summed E-state index contributed by atoms with van der Waals surface area (Å²) in [5.74, 6) is 0. The molecule has 0 fully saturated rings. The number of fused-ring (bicyclic) bond motifs is 1. The molecule has 1 unspecified atom stereocenters. The van der Waals surface area contributed by atoms with E-state index in [1.807, 2.05) is 0 Å². The van der Waals surface area contributed by atoms with E-state index in [4.69, 9.17) is 5.11 Å². The van der Waals surface area contributed by atoms with Gasteiger partial charge >= 0.3 is 5.69 Å². The fourth-order valence-corrected chi connectivity index (χ4v) is 1.56. The average molecular weight is 252 g/mol. The molecule has 2 rings (SSSR count). The fraction of sp³-hybridized carbons (Fsp3) is 0.400. The van der Waals surface area contributed by atoms with Crippen LogP contribution in [0.2, 0.25) is 0 Å². The Hall–Kier alpha value is -2.22. The van der Waals surface area contributed by atoms with Gasteiger partial charge in [-0.15, -0.1) is 0 Å². The SMILES string of the molecule is CC(O)CCNc1ccc([N+](=O)[O-])c2nonc12.